The van der Waals surface area contributed by atoms with E-state index in [-0.39, 0.29) is 18.9 Å². The zero-order valence-electron chi connectivity index (χ0n) is 23.9. The Morgan fingerprint density at radius 1 is 0.694 bits per heavy atom. The molecule has 3 atom stereocenters. The van der Waals surface area contributed by atoms with Gasteiger partial charge in [-0.3, -0.25) is 4.79 Å². The first-order valence-corrected chi connectivity index (χ1v) is 15.5. The molecule has 5 heteroatoms. The van der Waals surface area contributed by atoms with E-state index < -0.39 is 18.2 Å². The van der Waals surface area contributed by atoms with E-state index in [2.05, 4.69) is 19.2 Å². The van der Waals surface area contributed by atoms with Gasteiger partial charge in [-0.2, -0.15) is 0 Å². The van der Waals surface area contributed by atoms with Crippen LogP contribution in [0.5, 0.6) is 0 Å². The van der Waals surface area contributed by atoms with Crippen molar-refractivity contribution in [3.63, 3.8) is 0 Å². The Morgan fingerprint density at radius 3 is 1.61 bits per heavy atom. The lowest BCUT2D eigenvalue weighted by Gasteiger charge is -2.21. The Kier molecular flexibility index (Phi) is 26.4. The Bertz CT molecular complexity index is 497. The average molecular weight is 512 g/mol. The molecule has 5 nitrogen and oxygen atoms in total. The van der Waals surface area contributed by atoms with Gasteiger partial charge in [0.1, 0.15) is 0 Å². The van der Waals surface area contributed by atoms with Gasteiger partial charge in [-0.1, -0.05) is 142 Å². The SMILES string of the molecule is CCCCCCCCCC/C=C/C(O)C(CO)NC(=O)CC(O)CCCCCCCCCCCCC. The number of carbonyl (C=O) groups is 1. The minimum atomic E-state index is -0.920. The molecular formula is C31H61NO4. The number of carbonyl (C=O) groups excluding carboxylic acids is 1. The number of rotatable bonds is 27. The number of hydrogen-bond acceptors (Lipinski definition) is 4. The van der Waals surface area contributed by atoms with Crippen molar-refractivity contribution in [3.05, 3.63) is 12.2 Å². The predicted octanol–water partition coefficient (Wildman–Crippen LogP) is 7.36. The van der Waals surface area contributed by atoms with Crippen LogP contribution in [0.15, 0.2) is 12.2 Å². The van der Waals surface area contributed by atoms with E-state index in [1.54, 1.807) is 6.08 Å². The smallest absolute Gasteiger partial charge is 0.222 e. The number of aliphatic hydroxyl groups excluding tert-OH is 3. The number of aliphatic hydroxyl groups is 3. The third-order valence-electron chi connectivity index (χ3n) is 7.07. The third-order valence-corrected chi connectivity index (χ3v) is 7.07. The van der Waals surface area contributed by atoms with E-state index in [4.69, 9.17) is 0 Å². The molecule has 0 bridgehead atoms. The molecule has 0 spiro atoms. The molecule has 0 rings (SSSR count). The van der Waals surface area contributed by atoms with Crippen LogP contribution in [0.4, 0.5) is 0 Å². The van der Waals surface area contributed by atoms with Crippen LogP contribution >= 0.6 is 0 Å². The van der Waals surface area contributed by atoms with Gasteiger partial charge in [0.2, 0.25) is 5.91 Å². The van der Waals surface area contributed by atoms with Gasteiger partial charge >= 0.3 is 0 Å². The maximum absolute atomic E-state index is 12.3. The lowest BCUT2D eigenvalue weighted by Crippen LogP contribution is -2.45. The lowest BCUT2D eigenvalue weighted by molar-refractivity contribution is -0.124. The standard InChI is InChI=1S/C31H61NO4/c1-3-5-7-9-11-13-15-16-18-20-22-24-28(34)26-31(36)32-29(27-33)30(35)25-23-21-19-17-14-12-10-8-6-4-2/h23,25,28-30,33-35H,3-22,24,26-27H2,1-2H3,(H,32,36)/b25-23+. The molecule has 0 aliphatic heterocycles. The summed E-state index contributed by atoms with van der Waals surface area (Å²) in [6.07, 6.45) is 27.6. The highest BCUT2D eigenvalue weighted by Crippen LogP contribution is 2.14. The highest BCUT2D eigenvalue weighted by molar-refractivity contribution is 5.76. The van der Waals surface area contributed by atoms with Gasteiger partial charge in [-0.15, -0.1) is 0 Å². The zero-order valence-corrected chi connectivity index (χ0v) is 23.9. The van der Waals surface area contributed by atoms with Crippen LogP contribution in [0, 0.1) is 0 Å². The molecule has 0 radical (unpaired) electrons. The molecule has 0 aromatic heterocycles. The van der Waals surface area contributed by atoms with Crippen molar-refractivity contribution < 1.29 is 20.1 Å². The maximum atomic E-state index is 12.3. The topological polar surface area (TPSA) is 89.8 Å². The van der Waals surface area contributed by atoms with Crippen LogP contribution in [0.2, 0.25) is 0 Å². The van der Waals surface area contributed by atoms with Gasteiger partial charge in [0.05, 0.1) is 31.3 Å². The summed E-state index contributed by atoms with van der Waals surface area (Å²) in [7, 11) is 0. The van der Waals surface area contributed by atoms with Crippen molar-refractivity contribution in [2.24, 2.45) is 0 Å². The summed E-state index contributed by atoms with van der Waals surface area (Å²) >= 11 is 0. The molecule has 0 aliphatic carbocycles. The van der Waals surface area contributed by atoms with Gasteiger partial charge in [0.15, 0.2) is 0 Å². The van der Waals surface area contributed by atoms with E-state index in [1.165, 1.54) is 103 Å². The van der Waals surface area contributed by atoms with Crippen LogP contribution in [0.1, 0.15) is 155 Å². The molecule has 0 saturated heterocycles. The second kappa shape index (κ2) is 27.1. The minimum Gasteiger partial charge on any atom is -0.394 e. The summed E-state index contributed by atoms with van der Waals surface area (Å²) in [4.78, 5) is 12.3. The molecule has 0 heterocycles. The molecule has 0 aromatic rings. The summed E-state index contributed by atoms with van der Waals surface area (Å²) in [5.74, 6) is -0.319. The Morgan fingerprint density at radius 2 is 1.14 bits per heavy atom. The summed E-state index contributed by atoms with van der Waals surface area (Å²) < 4.78 is 0. The number of allylic oxidation sites excluding steroid dienone is 1. The first kappa shape index (κ1) is 35.1. The second-order valence-electron chi connectivity index (χ2n) is 10.7. The molecule has 0 aromatic carbocycles. The quantitative estimate of drug-likeness (QED) is 0.0685. The van der Waals surface area contributed by atoms with Crippen molar-refractivity contribution in [2.75, 3.05) is 6.61 Å². The molecule has 3 unspecified atom stereocenters. The van der Waals surface area contributed by atoms with E-state index in [1.807, 2.05) is 6.08 Å². The number of hydrogen-bond donors (Lipinski definition) is 4. The van der Waals surface area contributed by atoms with Crippen LogP contribution in [-0.2, 0) is 4.79 Å². The van der Waals surface area contributed by atoms with Crippen LogP contribution in [0.25, 0.3) is 0 Å². The Hall–Kier alpha value is -0.910. The highest BCUT2D eigenvalue weighted by atomic mass is 16.3. The predicted molar refractivity (Wildman–Crippen MR) is 153 cm³/mol. The van der Waals surface area contributed by atoms with Crippen LogP contribution < -0.4 is 5.32 Å². The van der Waals surface area contributed by atoms with Crippen LogP contribution in [0.3, 0.4) is 0 Å². The number of amides is 1. The van der Waals surface area contributed by atoms with Gasteiger partial charge < -0.3 is 20.6 Å². The number of unbranched alkanes of at least 4 members (excludes halogenated alkanes) is 18. The van der Waals surface area contributed by atoms with Gasteiger partial charge in [-0.25, -0.2) is 0 Å². The summed E-state index contributed by atoms with van der Waals surface area (Å²) in [5, 5.41) is 32.8. The van der Waals surface area contributed by atoms with E-state index in [9.17, 15) is 20.1 Å². The minimum absolute atomic E-state index is 0.0168. The van der Waals surface area contributed by atoms with Gasteiger partial charge in [0.25, 0.3) is 0 Å². The fourth-order valence-corrected chi connectivity index (χ4v) is 4.63. The van der Waals surface area contributed by atoms with Crippen molar-refractivity contribution in [2.45, 2.75) is 173 Å². The fraction of sp³-hybridized carbons (Fsp3) is 0.903. The van der Waals surface area contributed by atoms with Crippen molar-refractivity contribution in [1.82, 2.24) is 5.32 Å². The molecule has 36 heavy (non-hydrogen) atoms. The molecule has 0 aliphatic rings. The maximum Gasteiger partial charge on any atom is 0.222 e. The molecule has 1 amide bonds. The van der Waals surface area contributed by atoms with Crippen molar-refractivity contribution in [1.29, 1.82) is 0 Å². The largest absolute Gasteiger partial charge is 0.394 e. The summed E-state index contributed by atoms with van der Waals surface area (Å²) in [6, 6.07) is -0.735. The average Bonchev–Trinajstić information content (AvgIpc) is 2.86. The Labute approximate surface area is 223 Å². The normalized spacial score (nSPS) is 14.2. The fourth-order valence-electron chi connectivity index (χ4n) is 4.63. The zero-order chi connectivity index (χ0) is 26.7. The third kappa shape index (κ3) is 23.5. The first-order valence-electron chi connectivity index (χ1n) is 15.5. The first-order chi connectivity index (χ1) is 17.5. The van der Waals surface area contributed by atoms with Crippen molar-refractivity contribution >= 4 is 5.91 Å². The molecule has 214 valence electrons. The summed E-state index contributed by atoms with van der Waals surface area (Å²) in [5.41, 5.74) is 0. The van der Waals surface area contributed by atoms with E-state index in [0.29, 0.717) is 6.42 Å². The van der Waals surface area contributed by atoms with Gasteiger partial charge in [-0.05, 0) is 19.3 Å². The molecule has 0 saturated carbocycles. The second-order valence-corrected chi connectivity index (χ2v) is 10.7. The number of nitrogens with one attached hydrogen (secondary N) is 1. The molecule has 0 fully saturated rings. The van der Waals surface area contributed by atoms with Crippen molar-refractivity contribution in [3.8, 4) is 0 Å². The van der Waals surface area contributed by atoms with E-state index >= 15 is 0 Å². The molecular weight excluding hydrogens is 450 g/mol. The highest BCUT2D eigenvalue weighted by Gasteiger charge is 2.20. The van der Waals surface area contributed by atoms with Crippen LogP contribution in [-0.4, -0.2) is 46.1 Å². The molecule has 4 N–H and O–H groups in total. The Balaban J connectivity index is 3.81. The van der Waals surface area contributed by atoms with E-state index in [0.717, 1.165) is 25.7 Å². The lowest BCUT2D eigenvalue weighted by atomic mass is 10.0. The van der Waals surface area contributed by atoms with Gasteiger partial charge in [0, 0.05) is 0 Å². The summed E-state index contributed by atoms with van der Waals surface area (Å²) in [6.45, 7) is 4.15. The monoisotopic (exact) mass is 511 g/mol.